The molecular formula is C21H25N3O3. The van der Waals surface area contributed by atoms with Gasteiger partial charge in [0.15, 0.2) is 0 Å². The monoisotopic (exact) mass is 367 g/mol. The Morgan fingerprint density at radius 2 is 1.85 bits per heavy atom. The van der Waals surface area contributed by atoms with Crippen LogP contribution in [0.3, 0.4) is 0 Å². The zero-order chi connectivity index (χ0) is 19.9. The second-order valence-electron chi connectivity index (χ2n) is 7.20. The van der Waals surface area contributed by atoms with Gasteiger partial charge in [0.1, 0.15) is 6.04 Å². The van der Waals surface area contributed by atoms with Crippen molar-refractivity contribution in [3.8, 4) is 17.1 Å². The Morgan fingerprint density at radius 1 is 1.15 bits per heavy atom. The number of aryl methyl sites for hydroxylation is 2. The van der Waals surface area contributed by atoms with Crippen molar-refractivity contribution in [3.63, 3.8) is 0 Å². The normalized spacial score (nSPS) is 12.6. The number of methoxy groups -OCH3 is 1. The van der Waals surface area contributed by atoms with Crippen molar-refractivity contribution in [2.75, 3.05) is 7.11 Å². The number of fused-ring (bicyclic) bond motifs is 1. The van der Waals surface area contributed by atoms with E-state index < -0.39 is 12.0 Å². The van der Waals surface area contributed by atoms with Gasteiger partial charge < -0.3 is 14.4 Å². The second kappa shape index (κ2) is 7.02. The van der Waals surface area contributed by atoms with Crippen molar-refractivity contribution in [1.29, 1.82) is 0 Å². The minimum absolute atomic E-state index is 0.304. The summed E-state index contributed by atoms with van der Waals surface area (Å²) in [7, 11) is 1.61. The predicted octanol–water partition coefficient (Wildman–Crippen LogP) is 4.49. The number of carboxylic acids is 1. The lowest BCUT2D eigenvalue weighted by atomic mass is 10.0. The molecule has 0 amide bonds. The van der Waals surface area contributed by atoms with Crippen molar-refractivity contribution in [2.24, 2.45) is 0 Å². The highest BCUT2D eigenvalue weighted by atomic mass is 16.5. The quantitative estimate of drug-likeness (QED) is 0.719. The highest BCUT2D eigenvalue weighted by molar-refractivity contribution is 5.86. The van der Waals surface area contributed by atoms with Crippen LogP contribution >= 0.6 is 0 Å². The van der Waals surface area contributed by atoms with E-state index >= 15 is 0 Å². The van der Waals surface area contributed by atoms with Gasteiger partial charge in [-0.2, -0.15) is 0 Å². The summed E-state index contributed by atoms with van der Waals surface area (Å²) in [6, 6.07) is 5.32. The summed E-state index contributed by atoms with van der Waals surface area (Å²) in [5, 5.41) is 9.38. The summed E-state index contributed by atoms with van der Waals surface area (Å²) in [6.07, 6.45) is 1.84. The van der Waals surface area contributed by atoms with E-state index in [0.717, 1.165) is 39.1 Å². The number of aliphatic carboxylic acids is 1. The molecule has 3 aromatic rings. The van der Waals surface area contributed by atoms with Crippen molar-refractivity contribution in [2.45, 2.75) is 46.6 Å². The topological polar surface area (TPSA) is 77.2 Å². The van der Waals surface area contributed by atoms with Crippen LogP contribution in [0.4, 0.5) is 0 Å². The van der Waals surface area contributed by atoms with E-state index in [9.17, 15) is 9.90 Å². The lowest BCUT2D eigenvalue weighted by Crippen LogP contribution is -2.14. The van der Waals surface area contributed by atoms with Gasteiger partial charge in [-0.3, -0.25) is 0 Å². The third kappa shape index (κ3) is 3.27. The summed E-state index contributed by atoms with van der Waals surface area (Å²) in [5.41, 5.74) is 6.08. The summed E-state index contributed by atoms with van der Waals surface area (Å²) in [5.74, 6) is -0.0193. The highest BCUT2D eigenvalue weighted by Crippen LogP contribution is 2.34. The minimum Gasteiger partial charge on any atom is -0.480 e. The molecule has 6 nitrogen and oxygen atoms in total. The zero-order valence-corrected chi connectivity index (χ0v) is 16.6. The predicted molar refractivity (Wildman–Crippen MR) is 105 cm³/mol. The first-order valence-corrected chi connectivity index (χ1v) is 9.01. The summed E-state index contributed by atoms with van der Waals surface area (Å²) < 4.78 is 7.29. The number of carboxylic acid groups (broad SMARTS) is 1. The van der Waals surface area contributed by atoms with Crippen LogP contribution < -0.4 is 4.74 Å². The molecule has 0 saturated heterocycles. The number of carbonyl (C=O) groups is 1. The van der Waals surface area contributed by atoms with Crippen LogP contribution in [-0.2, 0) is 4.79 Å². The summed E-state index contributed by atoms with van der Waals surface area (Å²) >= 11 is 0. The van der Waals surface area contributed by atoms with E-state index in [-0.39, 0.29) is 0 Å². The van der Waals surface area contributed by atoms with E-state index in [1.54, 1.807) is 18.6 Å². The molecule has 0 fully saturated rings. The molecule has 0 aliphatic rings. The Morgan fingerprint density at radius 3 is 2.44 bits per heavy atom. The van der Waals surface area contributed by atoms with E-state index in [1.165, 1.54) is 0 Å². The third-order valence-electron chi connectivity index (χ3n) is 4.87. The lowest BCUT2D eigenvalue weighted by molar-refractivity contribution is -0.140. The van der Waals surface area contributed by atoms with Gasteiger partial charge in [-0.05, 0) is 56.0 Å². The van der Waals surface area contributed by atoms with Gasteiger partial charge in [0.05, 0.1) is 29.4 Å². The fraction of sp³-hybridized carbons (Fsp3) is 0.381. The first-order valence-electron chi connectivity index (χ1n) is 9.01. The maximum absolute atomic E-state index is 11.4. The number of aromatic nitrogens is 3. The molecule has 0 aliphatic heterocycles. The van der Waals surface area contributed by atoms with E-state index in [4.69, 9.17) is 9.72 Å². The molecule has 3 aromatic heterocycles. The van der Waals surface area contributed by atoms with Crippen LogP contribution in [0.15, 0.2) is 24.4 Å². The fourth-order valence-corrected chi connectivity index (χ4v) is 3.25. The molecule has 0 aromatic carbocycles. The van der Waals surface area contributed by atoms with Crippen molar-refractivity contribution < 1.29 is 14.6 Å². The Labute approximate surface area is 158 Å². The standard InChI is InChI=1S/C21H25N3O3/c1-11(2)16-8-7-15(20(22-16)27-6)18-12(3)9-17-19(23-18)13(4)10-24(17)14(5)21(25)26/h7-11,14H,1-6H3,(H,25,26). The largest absolute Gasteiger partial charge is 0.480 e. The highest BCUT2D eigenvalue weighted by Gasteiger charge is 2.20. The van der Waals surface area contributed by atoms with Gasteiger partial charge in [-0.15, -0.1) is 0 Å². The molecular weight excluding hydrogens is 342 g/mol. The molecule has 0 bridgehead atoms. The Balaban J connectivity index is 2.21. The molecule has 0 aliphatic carbocycles. The van der Waals surface area contributed by atoms with E-state index in [1.807, 2.05) is 38.2 Å². The molecule has 3 rings (SSSR count). The summed E-state index contributed by atoms with van der Waals surface area (Å²) in [6.45, 7) is 9.76. The lowest BCUT2D eigenvalue weighted by Gasteiger charge is -2.14. The average Bonchev–Trinajstić information content (AvgIpc) is 2.95. The SMILES string of the molecule is COc1nc(C(C)C)ccc1-c1nc2c(C)cn(C(C)C(=O)O)c2cc1C. The van der Waals surface area contributed by atoms with Gasteiger partial charge in [-0.25, -0.2) is 14.8 Å². The van der Waals surface area contributed by atoms with Crippen LogP contribution in [0.5, 0.6) is 5.88 Å². The molecule has 1 N–H and O–H groups in total. The maximum Gasteiger partial charge on any atom is 0.326 e. The molecule has 6 heteroatoms. The van der Waals surface area contributed by atoms with Crippen LogP contribution in [0.25, 0.3) is 22.3 Å². The number of nitrogens with zero attached hydrogens (tertiary/aromatic N) is 3. The van der Waals surface area contributed by atoms with Crippen molar-refractivity contribution in [1.82, 2.24) is 14.5 Å². The molecule has 142 valence electrons. The number of rotatable bonds is 5. The van der Waals surface area contributed by atoms with Gasteiger partial charge in [0.2, 0.25) is 5.88 Å². The first kappa shape index (κ1) is 18.9. The van der Waals surface area contributed by atoms with Gasteiger partial charge in [0.25, 0.3) is 0 Å². The Hall–Kier alpha value is -2.89. The van der Waals surface area contributed by atoms with E-state index in [2.05, 4.69) is 18.8 Å². The number of pyridine rings is 2. The summed E-state index contributed by atoms with van der Waals surface area (Å²) in [4.78, 5) is 20.9. The molecule has 1 unspecified atom stereocenters. The van der Waals surface area contributed by atoms with Gasteiger partial charge in [-0.1, -0.05) is 13.8 Å². The maximum atomic E-state index is 11.4. The molecule has 1 atom stereocenters. The average molecular weight is 367 g/mol. The van der Waals surface area contributed by atoms with Crippen LogP contribution in [0.2, 0.25) is 0 Å². The fourth-order valence-electron chi connectivity index (χ4n) is 3.25. The Bertz CT molecular complexity index is 1020. The number of ether oxygens (including phenoxy) is 1. The van der Waals surface area contributed by atoms with Gasteiger partial charge in [0, 0.05) is 11.9 Å². The molecule has 0 saturated carbocycles. The van der Waals surface area contributed by atoms with Gasteiger partial charge >= 0.3 is 5.97 Å². The molecule has 3 heterocycles. The number of hydrogen-bond acceptors (Lipinski definition) is 4. The Kier molecular flexibility index (Phi) is 4.91. The molecule has 0 radical (unpaired) electrons. The first-order chi connectivity index (χ1) is 12.7. The van der Waals surface area contributed by atoms with Crippen LogP contribution in [0.1, 0.15) is 49.6 Å². The van der Waals surface area contributed by atoms with Crippen LogP contribution in [0, 0.1) is 13.8 Å². The van der Waals surface area contributed by atoms with Crippen LogP contribution in [-0.4, -0.2) is 32.7 Å². The molecule has 27 heavy (non-hydrogen) atoms. The smallest absolute Gasteiger partial charge is 0.326 e. The third-order valence-corrected chi connectivity index (χ3v) is 4.87. The minimum atomic E-state index is -0.872. The van der Waals surface area contributed by atoms with E-state index in [0.29, 0.717) is 11.8 Å². The zero-order valence-electron chi connectivity index (χ0n) is 16.6. The second-order valence-corrected chi connectivity index (χ2v) is 7.20. The molecule has 0 spiro atoms. The number of hydrogen-bond donors (Lipinski definition) is 1. The van der Waals surface area contributed by atoms with Crippen molar-refractivity contribution >= 4 is 17.0 Å². The van der Waals surface area contributed by atoms with Crippen molar-refractivity contribution in [3.05, 3.63) is 41.2 Å².